The number of carbonyl (C=O) groups is 2. The molecule has 1 fully saturated rings. The largest absolute Gasteiger partial charge is 0.495 e. The van der Waals surface area contributed by atoms with Crippen molar-refractivity contribution in [3.8, 4) is 5.75 Å². The van der Waals surface area contributed by atoms with Crippen LogP contribution in [0.1, 0.15) is 23.2 Å². The Bertz CT molecular complexity index is 1080. The zero-order valence-electron chi connectivity index (χ0n) is 17.1. The molecule has 3 rings (SSSR count). The highest BCUT2D eigenvalue weighted by molar-refractivity contribution is 7.92. The molecule has 1 saturated heterocycles. The number of carbonyl (C=O) groups excluding carboxylic acids is 2. The van der Waals surface area contributed by atoms with E-state index < -0.39 is 10.0 Å². The Morgan fingerprint density at radius 2 is 1.77 bits per heavy atom. The number of amides is 1. The first kappa shape index (κ1) is 22.9. The number of anilines is 1. The first-order valence-corrected chi connectivity index (χ1v) is 11.5. The minimum absolute atomic E-state index is 0.0108. The second kappa shape index (κ2) is 9.57. The van der Waals surface area contributed by atoms with Crippen molar-refractivity contribution in [1.82, 2.24) is 4.90 Å². The fraction of sp³-hybridized carbons (Fsp3) is 0.333. The summed E-state index contributed by atoms with van der Waals surface area (Å²) in [5.74, 6) is -0.494. The van der Waals surface area contributed by atoms with E-state index in [1.165, 1.54) is 32.4 Å². The number of hydrogen-bond acceptors (Lipinski definition) is 6. The fourth-order valence-corrected chi connectivity index (χ4v) is 5.04. The minimum atomic E-state index is -4.08. The number of ether oxygens (including phenoxy) is 2. The van der Waals surface area contributed by atoms with Crippen LogP contribution in [-0.2, 0) is 19.6 Å². The maximum atomic E-state index is 13.0. The molecule has 31 heavy (non-hydrogen) atoms. The van der Waals surface area contributed by atoms with Gasteiger partial charge in [0.1, 0.15) is 10.6 Å². The highest BCUT2D eigenvalue weighted by atomic mass is 35.5. The molecule has 0 bridgehead atoms. The standard InChI is InChI=1S/C21H23ClN2O6S/c1-29-18-6-4-3-5-17(18)23-31(27,28)19-13-15(7-8-16(19)22)20(25)24-11-9-14(10-12-24)21(26)30-2/h3-8,13-14,23H,9-12H2,1-2H3. The number of para-hydroxylation sites is 2. The zero-order valence-corrected chi connectivity index (χ0v) is 18.7. The van der Waals surface area contributed by atoms with Gasteiger partial charge in [-0.1, -0.05) is 23.7 Å². The first-order valence-electron chi connectivity index (χ1n) is 9.59. The molecule has 0 atom stereocenters. The number of piperidine rings is 1. The van der Waals surface area contributed by atoms with E-state index in [0.717, 1.165) is 0 Å². The van der Waals surface area contributed by atoms with E-state index in [0.29, 0.717) is 31.7 Å². The average molecular weight is 467 g/mol. The number of halogens is 1. The monoisotopic (exact) mass is 466 g/mol. The van der Waals surface area contributed by atoms with E-state index in [9.17, 15) is 18.0 Å². The van der Waals surface area contributed by atoms with Crippen LogP contribution in [-0.4, -0.2) is 52.5 Å². The van der Waals surface area contributed by atoms with Crippen molar-refractivity contribution in [2.75, 3.05) is 32.0 Å². The van der Waals surface area contributed by atoms with E-state index in [1.54, 1.807) is 29.2 Å². The molecule has 10 heteroatoms. The van der Waals surface area contributed by atoms with Gasteiger partial charge >= 0.3 is 5.97 Å². The van der Waals surface area contributed by atoms with E-state index >= 15 is 0 Å². The number of nitrogens with one attached hydrogen (secondary N) is 1. The smallest absolute Gasteiger partial charge is 0.308 e. The molecule has 0 radical (unpaired) electrons. The van der Waals surface area contributed by atoms with Gasteiger partial charge in [0.2, 0.25) is 0 Å². The Kier molecular flexibility index (Phi) is 7.07. The van der Waals surface area contributed by atoms with E-state index in [4.69, 9.17) is 21.1 Å². The molecule has 8 nitrogen and oxygen atoms in total. The van der Waals surface area contributed by atoms with Crippen LogP contribution in [0.25, 0.3) is 0 Å². The number of likely N-dealkylation sites (tertiary alicyclic amines) is 1. The summed E-state index contributed by atoms with van der Waals surface area (Å²) < 4.78 is 38.3. The fourth-order valence-electron chi connectivity index (χ4n) is 3.44. The van der Waals surface area contributed by atoms with Gasteiger partial charge in [-0.3, -0.25) is 14.3 Å². The van der Waals surface area contributed by atoms with Crippen LogP contribution in [0.2, 0.25) is 5.02 Å². The topological polar surface area (TPSA) is 102 Å². The summed E-state index contributed by atoms with van der Waals surface area (Å²) in [4.78, 5) is 26.0. The summed E-state index contributed by atoms with van der Waals surface area (Å²) in [5.41, 5.74) is 0.448. The van der Waals surface area contributed by atoms with Crippen molar-refractivity contribution in [2.45, 2.75) is 17.7 Å². The Morgan fingerprint density at radius 1 is 1.10 bits per heavy atom. The molecule has 166 valence electrons. The van der Waals surface area contributed by atoms with Gasteiger partial charge in [-0.15, -0.1) is 0 Å². The van der Waals surface area contributed by atoms with Crippen molar-refractivity contribution in [2.24, 2.45) is 5.92 Å². The van der Waals surface area contributed by atoms with E-state index in [2.05, 4.69) is 4.72 Å². The molecule has 1 aliphatic rings. The van der Waals surface area contributed by atoms with Crippen molar-refractivity contribution in [3.05, 3.63) is 53.1 Å². The van der Waals surface area contributed by atoms with Gasteiger partial charge < -0.3 is 14.4 Å². The van der Waals surface area contributed by atoms with Gasteiger partial charge in [-0.05, 0) is 43.2 Å². The lowest BCUT2D eigenvalue weighted by Gasteiger charge is -2.30. The molecular weight excluding hydrogens is 444 g/mol. The Hall–Kier alpha value is -2.78. The quantitative estimate of drug-likeness (QED) is 0.656. The third-order valence-electron chi connectivity index (χ3n) is 5.14. The van der Waals surface area contributed by atoms with Crippen LogP contribution in [0.15, 0.2) is 47.4 Å². The number of sulfonamides is 1. The second-order valence-electron chi connectivity index (χ2n) is 7.04. The third-order valence-corrected chi connectivity index (χ3v) is 6.98. The number of rotatable bonds is 6. The molecule has 1 N–H and O–H groups in total. The number of nitrogens with zero attached hydrogens (tertiary/aromatic N) is 1. The maximum Gasteiger partial charge on any atom is 0.308 e. The van der Waals surface area contributed by atoms with Gasteiger partial charge in [0.05, 0.1) is 30.8 Å². The number of hydrogen-bond donors (Lipinski definition) is 1. The summed E-state index contributed by atoms with van der Waals surface area (Å²) in [6.45, 7) is 0.756. The number of benzene rings is 2. The summed E-state index contributed by atoms with van der Waals surface area (Å²) in [6, 6.07) is 10.7. The Morgan fingerprint density at radius 3 is 2.42 bits per heavy atom. The molecule has 2 aromatic carbocycles. The lowest BCUT2D eigenvalue weighted by Crippen LogP contribution is -2.40. The lowest BCUT2D eigenvalue weighted by molar-refractivity contribution is -0.146. The molecule has 0 aliphatic carbocycles. The minimum Gasteiger partial charge on any atom is -0.495 e. The maximum absolute atomic E-state index is 13.0. The Balaban J connectivity index is 1.81. The molecule has 1 amide bonds. The van der Waals surface area contributed by atoms with Gasteiger partial charge in [0, 0.05) is 18.7 Å². The molecule has 0 aromatic heterocycles. The summed E-state index contributed by atoms with van der Waals surface area (Å²) >= 11 is 6.15. The summed E-state index contributed by atoms with van der Waals surface area (Å²) in [5, 5.41) is -0.0108. The van der Waals surface area contributed by atoms with Crippen molar-refractivity contribution in [1.29, 1.82) is 0 Å². The molecule has 0 spiro atoms. The molecule has 2 aromatic rings. The SMILES string of the molecule is COC(=O)C1CCN(C(=O)c2ccc(Cl)c(S(=O)(=O)Nc3ccccc3OC)c2)CC1. The van der Waals surface area contributed by atoms with Crippen LogP contribution in [0.3, 0.4) is 0 Å². The van der Waals surface area contributed by atoms with Crippen LogP contribution in [0.5, 0.6) is 5.75 Å². The van der Waals surface area contributed by atoms with Crippen LogP contribution in [0, 0.1) is 5.92 Å². The molecule has 0 saturated carbocycles. The zero-order chi connectivity index (χ0) is 22.6. The predicted octanol–water partition coefficient (Wildman–Crippen LogP) is 3.17. The molecule has 1 heterocycles. The summed E-state index contributed by atoms with van der Waals surface area (Å²) in [6.07, 6.45) is 0.985. The van der Waals surface area contributed by atoms with Crippen molar-refractivity contribution >= 4 is 39.2 Å². The normalized spacial score (nSPS) is 14.7. The summed E-state index contributed by atoms with van der Waals surface area (Å²) in [7, 11) is -1.31. The average Bonchev–Trinajstić information content (AvgIpc) is 2.78. The van der Waals surface area contributed by atoms with Crippen LogP contribution >= 0.6 is 11.6 Å². The highest BCUT2D eigenvalue weighted by Crippen LogP contribution is 2.30. The first-order chi connectivity index (χ1) is 14.8. The van der Waals surface area contributed by atoms with Gasteiger partial charge in [0.25, 0.3) is 15.9 Å². The van der Waals surface area contributed by atoms with E-state index in [-0.39, 0.29) is 39.0 Å². The van der Waals surface area contributed by atoms with Crippen LogP contribution < -0.4 is 9.46 Å². The third kappa shape index (κ3) is 5.11. The van der Waals surface area contributed by atoms with Gasteiger partial charge in [-0.25, -0.2) is 8.42 Å². The van der Waals surface area contributed by atoms with Crippen LogP contribution in [0.4, 0.5) is 5.69 Å². The Labute approximate surface area is 186 Å². The molecule has 1 aliphatic heterocycles. The van der Waals surface area contributed by atoms with Crippen molar-refractivity contribution in [3.63, 3.8) is 0 Å². The molecular formula is C21H23ClN2O6S. The lowest BCUT2D eigenvalue weighted by atomic mass is 9.96. The number of esters is 1. The van der Waals surface area contributed by atoms with Gasteiger partial charge in [-0.2, -0.15) is 0 Å². The second-order valence-corrected chi connectivity index (χ2v) is 9.10. The van der Waals surface area contributed by atoms with Gasteiger partial charge in [0.15, 0.2) is 0 Å². The predicted molar refractivity (Wildman–Crippen MR) is 116 cm³/mol. The van der Waals surface area contributed by atoms with E-state index in [1.807, 2.05) is 0 Å². The highest BCUT2D eigenvalue weighted by Gasteiger charge is 2.29. The number of methoxy groups -OCH3 is 2. The molecule has 0 unspecified atom stereocenters. The van der Waals surface area contributed by atoms with Crippen molar-refractivity contribution < 1.29 is 27.5 Å².